The number of esters is 1. The minimum absolute atomic E-state index is 0.0990. The highest BCUT2D eigenvalue weighted by atomic mass is 16.6. The van der Waals surface area contributed by atoms with Gasteiger partial charge in [0.15, 0.2) is 6.61 Å². The van der Waals surface area contributed by atoms with Crippen molar-refractivity contribution in [3.05, 3.63) is 69.8 Å². The van der Waals surface area contributed by atoms with Crippen LogP contribution in [0.15, 0.2) is 54.1 Å². The Hall–Kier alpha value is -4.21. The lowest BCUT2D eigenvalue weighted by molar-refractivity contribution is -0.385. The second-order valence-electron chi connectivity index (χ2n) is 6.02. The molecule has 30 heavy (non-hydrogen) atoms. The molecule has 0 bridgehead atoms. The smallest absolute Gasteiger partial charge is 0.344 e. The summed E-state index contributed by atoms with van der Waals surface area (Å²) in [4.78, 5) is 47.4. The van der Waals surface area contributed by atoms with Crippen LogP contribution in [-0.2, 0) is 19.1 Å². The van der Waals surface area contributed by atoms with Crippen LogP contribution in [0.5, 0.6) is 5.75 Å². The number of para-hydroxylation sites is 2. The molecule has 3 rings (SSSR count). The van der Waals surface area contributed by atoms with Gasteiger partial charge in [-0.25, -0.2) is 9.80 Å². The number of hydrogen-bond acceptors (Lipinski definition) is 7. The molecule has 154 valence electrons. The van der Waals surface area contributed by atoms with E-state index in [1.807, 2.05) is 0 Å². The van der Waals surface area contributed by atoms with Crippen LogP contribution >= 0.6 is 0 Å². The molecule has 2 amide bonds. The average Bonchev–Trinajstić information content (AvgIpc) is 3.01. The van der Waals surface area contributed by atoms with Crippen molar-refractivity contribution in [2.75, 3.05) is 18.2 Å². The summed E-state index contributed by atoms with van der Waals surface area (Å²) < 4.78 is 10.1. The highest BCUT2D eigenvalue weighted by molar-refractivity contribution is 6.31. The number of nitro groups is 1. The van der Waals surface area contributed by atoms with Crippen molar-refractivity contribution in [1.82, 2.24) is 5.43 Å². The molecule has 1 aliphatic rings. The Balaban J connectivity index is 1.96. The van der Waals surface area contributed by atoms with Crippen LogP contribution in [0.3, 0.4) is 0 Å². The molecule has 0 unspecified atom stereocenters. The average molecular weight is 411 g/mol. The number of benzene rings is 2. The van der Waals surface area contributed by atoms with Gasteiger partial charge in [-0.05, 0) is 25.1 Å². The number of hydrogen-bond donors (Lipinski definition) is 1. The summed E-state index contributed by atoms with van der Waals surface area (Å²) in [7, 11) is 0. The van der Waals surface area contributed by atoms with Crippen molar-refractivity contribution in [1.29, 1.82) is 0 Å². The van der Waals surface area contributed by atoms with Gasteiger partial charge < -0.3 is 9.47 Å². The fourth-order valence-electron chi connectivity index (χ4n) is 2.76. The molecule has 10 nitrogen and oxygen atoms in total. The van der Waals surface area contributed by atoms with Gasteiger partial charge in [0.2, 0.25) is 5.75 Å². The van der Waals surface area contributed by atoms with Crippen molar-refractivity contribution in [3.63, 3.8) is 0 Å². The third kappa shape index (κ3) is 4.27. The predicted octanol–water partition coefficient (Wildman–Crippen LogP) is 2.00. The Labute approximate surface area is 170 Å². The number of nitrogens with one attached hydrogen (secondary N) is 1. The molecule has 1 aliphatic heterocycles. The van der Waals surface area contributed by atoms with Crippen molar-refractivity contribution >= 4 is 35.2 Å². The van der Waals surface area contributed by atoms with E-state index >= 15 is 0 Å². The second-order valence-corrected chi connectivity index (χ2v) is 6.02. The van der Waals surface area contributed by atoms with Crippen LogP contribution in [0.25, 0.3) is 6.08 Å². The SMILES string of the molecule is CCOC(=O)COc1c(/C=C2/C(=O)NN(c3ccccc3)C2=O)cccc1[N+](=O)[O-]. The number of hydrazine groups is 1. The fraction of sp³-hybridized carbons (Fsp3) is 0.150. The first-order valence-corrected chi connectivity index (χ1v) is 8.90. The Morgan fingerprint density at radius 2 is 1.90 bits per heavy atom. The minimum atomic E-state index is -0.709. The molecule has 0 aromatic heterocycles. The van der Waals surface area contributed by atoms with Crippen molar-refractivity contribution in [2.45, 2.75) is 6.92 Å². The molecule has 1 heterocycles. The van der Waals surface area contributed by atoms with Gasteiger partial charge in [-0.2, -0.15) is 0 Å². The van der Waals surface area contributed by atoms with E-state index in [2.05, 4.69) is 5.43 Å². The molecule has 1 saturated heterocycles. The first kappa shape index (κ1) is 20.5. The molecule has 0 spiro atoms. The zero-order chi connectivity index (χ0) is 21.7. The maximum atomic E-state index is 12.7. The number of rotatable bonds is 7. The molecule has 1 N–H and O–H groups in total. The number of nitrogens with zero attached hydrogens (tertiary/aromatic N) is 2. The molecule has 2 aromatic rings. The molecule has 0 aliphatic carbocycles. The van der Waals surface area contributed by atoms with Gasteiger partial charge in [-0.3, -0.25) is 25.1 Å². The van der Waals surface area contributed by atoms with Gasteiger partial charge in [0.25, 0.3) is 11.8 Å². The summed E-state index contributed by atoms with van der Waals surface area (Å²) >= 11 is 0. The molecule has 1 fully saturated rings. The van der Waals surface area contributed by atoms with Gasteiger partial charge in [-0.15, -0.1) is 0 Å². The van der Waals surface area contributed by atoms with E-state index < -0.39 is 35.0 Å². The first-order chi connectivity index (χ1) is 14.4. The van der Waals surface area contributed by atoms with E-state index in [-0.39, 0.29) is 23.5 Å². The Morgan fingerprint density at radius 1 is 1.17 bits per heavy atom. The van der Waals surface area contributed by atoms with Gasteiger partial charge in [-0.1, -0.05) is 30.3 Å². The Morgan fingerprint density at radius 3 is 2.57 bits per heavy atom. The molecule has 2 aromatic carbocycles. The summed E-state index contributed by atoms with van der Waals surface area (Å²) in [5.41, 5.74) is 2.34. The normalized spacial score (nSPS) is 14.6. The van der Waals surface area contributed by atoms with Crippen molar-refractivity contribution in [2.24, 2.45) is 0 Å². The van der Waals surface area contributed by atoms with Crippen molar-refractivity contribution in [3.8, 4) is 5.75 Å². The van der Waals surface area contributed by atoms with Gasteiger partial charge >= 0.3 is 11.7 Å². The van der Waals surface area contributed by atoms with Crippen LogP contribution < -0.4 is 15.2 Å². The maximum absolute atomic E-state index is 12.7. The maximum Gasteiger partial charge on any atom is 0.344 e. The molecular formula is C20H17N3O7. The van der Waals surface area contributed by atoms with E-state index in [1.165, 1.54) is 24.3 Å². The van der Waals surface area contributed by atoms with Crippen LogP contribution in [-0.4, -0.2) is 35.9 Å². The van der Waals surface area contributed by atoms with E-state index in [0.29, 0.717) is 5.69 Å². The third-order valence-electron chi connectivity index (χ3n) is 4.07. The summed E-state index contributed by atoms with van der Waals surface area (Å²) in [6.07, 6.45) is 1.19. The summed E-state index contributed by atoms with van der Waals surface area (Å²) in [5, 5.41) is 12.5. The quantitative estimate of drug-likeness (QED) is 0.243. The minimum Gasteiger partial charge on any atom is -0.474 e. The Bertz CT molecular complexity index is 1030. The molecule has 0 radical (unpaired) electrons. The topological polar surface area (TPSA) is 128 Å². The number of amides is 2. The summed E-state index contributed by atoms with van der Waals surface area (Å²) in [6, 6.07) is 12.5. The van der Waals surface area contributed by atoms with E-state index in [0.717, 1.165) is 5.01 Å². The molecule has 0 atom stereocenters. The van der Waals surface area contributed by atoms with Gasteiger partial charge in [0, 0.05) is 11.6 Å². The van der Waals surface area contributed by atoms with Crippen LogP contribution in [0.2, 0.25) is 0 Å². The summed E-state index contributed by atoms with van der Waals surface area (Å²) in [5.74, 6) is -2.26. The third-order valence-corrected chi connectivity index (χ3v) is 4.07. The zero-order valence-electron chi connectivity index (χ0n) is 15.9. The molecular weight excluding hydrogens is 394 g/mol. The fourth-order valence-corrected chi connectivity index (χ4v) is 2.76. The number of anilines is 1. The van der Waals surface area contributed by atoms with E-state index in [1.54, 1.807) is 37.3 Å². The second kappa shape index (κ2) is 8.86. The van der Waals surface area contributed by atoms with Gasteiger partial charge in [0.05, 0.1) is 17.2 Å². The lowest BCUT2D eigenvalue weighted by Crippen LogP contribution is -2.35. The molecule has 10 heteroatoms. The largest absolute Gasteiger partial charge is 0.474 e. The summed E-state index contributed by atoms with van der Waals surface area (Å²) in [6.45, 7) is 1.17. The number of nitro benzene ring substituents is 1. The van der Waals surface area contributed by atoms with Gasteiger partial charge in [0.1, 0.15) is 5.57 Å². The van der Waals surface area contributed by atoms with E-state index in [4.69, 9.17) is 9.47 Å². The van der Waals surface area contributed by atoms with E-state index in [9.17, 15) is 24.5 Å². The monoisotopic (exact) mass is 411 g/mol. The van der Waals surface area contributed by atoms with Crippen LogP contribution in [0.1, 0.15) is 12.5 Å². The lowest BCUT2D eigenvalue weighted by Gasteiger charge is -2.14. The number of carbonyl (C=O) groups is 3. The highest BCUT2D eigenvalue weighted by Crippen LogP contribution is 2.33. The van der Waals surface area contributed by atoms with Crippen LogP contribution in [0, 0.1) is 10.1 Å². The zero-order valence-corrected chi connectivity index (χ0v) is 15.9. The lowest BCUT2D eigenvalue weighted by atomic mass is 10.1. The first-order valence-electron chi connectivity index (χ1n) is 8.90. The number of ether oxygens (including phenoxy) is 2. The Kier molecular flexibility index (Phi) is 6.06. The highest BCUT2D eigenvalue weighted by Gasteiger charge is 2.35. The molecule has 0 saturated carbocycles. The van der Waals surface area contributed by atoms with Crippen molar-refractivity contribution < 1.29 is 28.8 Å². The predicted molar refractivity (Wildman–Crippen MR) is 105 cm³/mol. The standard InChI is InChI=1S/C20H17N3O7/c1-2-29-17(24)12-30-18-13(7-6-10-16(18)23(27)28)11-15-19(25)21-22(20(15)26)14-8-4-3-5-9-14/h3-11H,2,12H2,1H3,(H,21,25)/b15-11-. The van der Waals surface area contributed by atoms with Crippen LogP contribution in [0.4, 0.5) is 11.4 Å². The number of carbonyl (C=O) groups excluding carboxylic acids is 3.